The van der Waals surface area contributed by atoms with E-state index in [0.29, 0.717) is 23.9 Å². The Morgan fingerprint density at radius 3 is 1.91 bits per heavy atom. The van der Waals surface area contributed by atoms with E-state index in [1.165, 1.54) is 51.4 Å². The van der Waals surface area contributed by atoms with Crippen LogP contribution in [0.15, 0.2) is 36.5 Å². The van der Waals surface area contributed by atoms with Gasteiger partial charge < -0.3 is 19.8 Å². The highest BCUT2D eigenvalue weighted by atomic mass is 31.2. The van der Waals surface area contributed by atoms with Crippen molar-refractivity contribution in [1.29, 1.82) is 0 Å². The molecule has 270 valence electrons. The van der Waals surface area contributed by atoms with E-state index in [1.807, 2.05) is 21.1 Å². The number of aliphatic hydroxyl groups is 1. The average molecular weight is 672 g/mol. The Morgan fingerprint density at radius 2 is 1.30 bits per heavy atom. The number of allylic oxidation sites excluding steroid dienone is 6. The molecule has 8 nitrogen and oxygen atoms in total. The van der Waals surface area contributed by atoms with E-state index in [1.54, 1.807) is 0 Å². The largest absolute Gasteiger partial charge is 0.472 e. The zero-order valence-electron chi connectivity index (χ0n) is 30.3. The molecule has 1 amide bonds. The molecule has 0 aromatic carbocycles. The fraction of sp³-hybridized carbons (Fsp3) is 0.811. The van der Waals surface area contributed by atoms with Crippen molar-refractivity contribution in [2.45, 2.75) is 154 Å². The summed E-state index contributed by atoms with van der Waals surface area (Å²) in [7, 11) is 1.60. The van der Waals surface area contributed by atoms with Crippen molar-refractivity contribution in [2.75, 3.05) is 40.9 Å². The van der Waals surface area contributed by atoms with Crippen molar-refractivity contribution in [1.82, 2.24) is 5.32 Å². The molecule has 0 aromatic heterocycles. The number of nitrogens with one attached hydrogen (secondary N) is 1. The molecule has 0 aliphatic rings. The maximum absolute atomic E-state index is 12.7. The van der Waals surface area contributed by atoms with Gasteiger partial charge in [-0.3, -0.25) is 13.8 Å². The molecule has 3 N–H and O–H groups in total. The molecule has 0 aliphatic carbocycles. The summed E-state index contributed by atoms with van der Waals surface area (Å²) < 4.78 is 23.4. The minimum atomic E-state index is -4.30. The smallest absolute Gasteiger partial charge is 0.391 e. The summed E-state index contributed by atoms with van der Waals surface area (Å²) in [5.41, 5.74) is 0. The predicted octanol–water partition coefficient (Wildman–Crippen LogP) is 9.18. The van der Waals surface area contributed by atoms with Crippen LogP contribution in [0.2, 0.25) is 0 Å². The summed E-state index contributed by atoms with van der Waals surface area (Å²) >= 11 is 0. The molecule has 3 unspecified atom stereocenters. The average Bonchev–Trinajstić information content (AvgIpc) is 2.99. The van der Waals surface area contributed by atoms with E-state index in [-0.39, 0.29) is 19.1 Å². The van der Waals surface area contributed by atoms with Gasteiger partial charge in [0.05, 0.1) is 39.9 Å². The van der Waals surface area contributed by atoms with Gasteiger partial charge in [-0.25, -0.2) is 4.57 Å². The number of carbonyl (C=O) groups excluding carboxylic acids is 1. The van der Waals surface area contributed by atoms with Gasteiger partial charge in [0.25, 0.3) is 0 Å². The molecule has 0 heterocycles. The summed E-state index contributed by atoms with van der Waals surface area (Å²) in [6.45, 7) is 4.69. The van der Waals surface area contributed by atoms with Crippen LogP contribution in [0.3, 0.4) is 0 Å². The molecular formula is C37H72N2O6P+. The standard InChI is InChI=1S/C37H71N2O6P/c1-6-8-10-12-14-15-16-17-18-19-20-21-22-23-25-27-29-31-37(41)38-35(36(40)30-28-26-24-13-11-9-7-2)34-45-46(42,43)44-33-32-39(3,4)5/h8,10,14-15,17-18,35-36,40H,6-7,9,11-13,16,19-34H2,1-5H3,(H-,38,41,42,43)/p+1/b10-8-,15-14-,18-17-. The lowest BCUT2D eigenvalue weighted by atomic mass is 10.0. The summed E-state index contributed by atoms with van der Waals surface area (Å²) in [5, 5.41) is 13.8. The van der Waals surface area contributed by atoms with E-state index in [0.717, 1.165) is 64.2 Å². The van der Waals surface area contributed by atoms with Gasteiger partial charge in [-0.15, -0.1) is 0 Å². The number of nitrogens with zero attached hydrogens (tertiary/aromatic N) is 1. The third-order valence-electron chi connectivity index (χ3n) is 7.90. The summed E-state index contributed by atoms with van der Waals surface area (Å²) in [6.07, 6.45) is 33.2. The SMILES string of the molecule is CC/C=C\C/C=C\C/C=C\CCCCCCCCCC(=O)NC(COP(=O)(O)OCC[N+](C)(C)C)C(O)CCCCCCCCC. The molecule has 0 saturated carbocycles. The number of phosphoric acid groups is 1. The first-order valence-electron chi connectivity index (χ1n) is 18.4. The van der Waals surface area contributed by atoms with Crippen LogP contribution in [0.1, 0.15) is 142 Å². The highest BCUT2D eigenvalue weighted by Gasteiger charge is 2.28. The number of phosphoric ester groups is 1. The van der Waals surface area contributed by atoms with E-state index in [9.17, 15) is 19.4 Å². The maximum atomic E-state index is 12.7. The summed E-state index contributed by atoms with van der Waals surface area (Å²) in [4.78, 5) is 22.9. The highest BCUT2D eigenvalue weighted by Crippen LogP contribution is 2.43. The van der Waals surface area contributed by atoms with Crippen LogP contribution >= 0.6 is 7.82 Å². The lowest BCUT2D eigenvalue weighted by Crippen LogP contribution is -2.46. The Bertz CT molecular complexity index is 855. The van der Waals surface area contributed by atoms with Crippen LogP contribution in [0, 0.1) is 0 Å². The van der Waals surface area contributed by atoms with Crippen LogP contribution in [-0.2, 0) is 18.4 Å². The first-order valence-corrected chi connectivity index (χ1v) is 19.8. The van der Waals surface area contributed by atoms with Crippen molar-refractivity contribution >= 4 is 13.7 Å². The van der Waals surface area contributed by atoms with Crippen molar-refractivity contribution in [3.8, 4) is 0 Å². The minimum Gasteiger partial charge on any atom is -0.391 e. The second kappa shape index (κ2) is 29.8. The number of likely N-dealkylation sites (N-methyl/N-ethyl adjacent to an activating group) is 1. The maximum Gasteiger partial charge on any atom is 0.472 e. The zero-order valence-corrected chi connectivity index (χ0v) is 31.2. The number of rotatable bonds is 32. The molecule has 46 heavy (non-hydrogen) atoms. The van der Waals surface area contributed by atoms with E-state index in [2.05, 4.69) is 55.6 Å². The molecule has 0 aromatic rings. The van der Waals surface area contributed by atoms with Gasteiger partial charge in [0.2, 0.25) is 5.91 Å². The van der Waals surface area contributed by atoms with Gasteiger partial charge in [-0.1, -0.05) is 127 Å². The molecule has 0 aliphatic heterocycles. The summed E-state index contributed by atoms with van der Waals surface area (Å²) in [5.74, 6) is -0.162. The minimum absolute atomic E-state index is 0.0708. The lowest BCUT2D eigenvalue weighted by Gasteiger charge is -2.26. The Hall–Kier alpha value is -1.28. The van der Waals surface area contributed by atoms with Crippen molar-refractivity contribution in [2.24, 2.45) is 0 Å². The van der Waals surface area contributed by atoms with Crippen molar-refractivity contribution in [3.63, 3.8) is 0 Å². The molecule has 0 bridgehead atoms. The lowest BCUT2D eigenvalue weighted by molar-refractivity contribution is -0.870. The van der Waals surface area contributed by atoms with Crippen molar-refractivity contribution < 1.29 is 32.9 Å². The molecular weight excluding hydrogens is 599 g/mol. The van der Waals surface area contributed by atoms with E-state index < -0.39 is 20.0 Å². The van der Waals surface area contributed by atoms with Crippen LogP contribution in [0.25, 0.3) is 0 Å². The number of hydrogen-bond acceptors (Lipinski definition) is 5. The normalized spacial score (nSPS) is 15.2. The number of aliphatic hydroxyl groups excluding tert-OH is 1. The van der Waals surface area contributed by atoms with Gasteiger partial charge in [-0.05, 0) is 44.9 Å². The Kier molecular flexibility index (Phi) is 29.0. The molecule has 0 rings (SSSR count). The van der Waals surface area contributed by atoms with Crippen LogP contribution < -0.4 is 5.32 Å². The topological polar surface area (TPSA) is 105 Å². The number of quaternary nitrogens is 1. The second-order valence-electron chi connectivity index (χ2n) is 13.6. The molecule has 3 atom stereocenters. The van der Waals surface area contributed by atoms with Crippen LogP contribution in [0.4, 0.5) is 0 Å². The Balaban J connectivity index is 4.37. The fourth-order valence-corrected chi connectivity index (χ4v) is 5.68. The zero-order chi connectivity index (χ0) is 34.4. The van der Waals surface area contributed by atoms with Gasteiger partial charge in [0.1, 0.15) is 13.2 Å². The highest BCUT2D eigenvalue weighted by molar-refractivity contribution is 7.47. The van der Waals surface area contributed by atoms with Crippen molar-refractivity contribution in [3.05, 3.63) is 36.5 Å². The Labute approximate surface area is 283 Å². The fourth-order valence-electron chi connectivity index (χ4n) is 4.94. The quantitative estimate of drug-likeness (QED) is 0.0285. The Morgan fingerprint density at radius 1 is 0.761 bits per heavy atom. The monoisotopic (exact) mass is 672 g/mol. The van der Waals surface area contributed by atoms with Gasteiger partial charge in [0, 0.05) is 6.42 Å². The number of hydrogen-bond donors (Lipinski definition) is 3. The molecule has 0 spiro atoms. The van der Waals surface area contributed by atoms with Crippen LogP contribution in [0.5, 0.6) is 0 Å². The number of unbranched alkanes of at least 4 members (excludes halogenated alkanes) is 13. The van der Waals surface area contributed by atoms with Gasteiger partial charge >= 0.3 is 7.82 Å². The molecule has 9 heteroatoms. The van der Waals surface area contributed by atoms with E-state index >= 15 is 0 Å². The third kappa shape index (κ3) is 31.3. The first-order chi connectivity index (χ1) is 22.0. The number of amides is 1. The first kappa shape index (κ1) is 44.7. The van der Waals surface area contributed by atoms with E-state index in [4.69, 9.17) is 9.05 Å². The molecule has 0 saturated heterocycles. The second-order valence-corrected chi connectivity index (χ2v) is 15.0. The molecule has 0 radical (unpaired) electrons. The number of carbonyl (C=O) groups is 1. The van der Waals surface area contributed by atoms with Gasteiger partial charge in [0.15, 0.2) is 0 Å². The predicted molar refractivity (Wildman–Crippen MR) is 194 cm³/mol. The molecule has 0 fully saturated rings. The third-order valence-corrected chi connectivity index (χ3v) is 8.89. The van der Waals surface area contributed by atoms with Gasteiger partial charge in [-0.2, -0.15) is 0 Å². The summed E-state index contributed by atoms with van der Waals surface area (Å²) in [6, 6.07) is -0.761. The van der Waals surface area contributed by atoms with Crippen LogP contribution in [-0.4, -0.2) is 73.4 Å².